The van der Waals surface area contributed by atoms with Crippen LogP contribution in [0, 0.1) is 6.92 Å². The van der Waals surface area contributed by atoms with Crippen molar-refractivity contribution in [3.8, 4) is 0 Å². The first kappa shape index (κ1) is 12.1. The molecule has 0 aromatic carbocycles. The van der Waals surface area contributed by atoms with Gasteiger partial charge in [0.05, 0.1) is 10.0 Å². The molecule has 0 aliphatic heterocycles. The van der Waals surface area contributed by atoms with E-state index in [-0.39, 0.29) is 0 Å². The Bertz CT molecular complexity index is 567. The zero-order chi connectivity index (χ0) is 12.5. The van der Waals surface area contributed by atoms with Gasteiger partial charge in [-0.3, -0.25) is 0 Å². The Kier molecular flexibility index (Phi) is 3.33. The minimum atomic E-state index is 0.416. The summed E-state index contributed by atoms with van der Waals surface area (Å²) in [6.45, 7) is 2.69. The van der Waals surface area contributed by atoms with Crippen LogP contribution in [-0.4, -0.2) is 9.97 Å². The molecule has 0 bridgehead atoms. The minimum absolute atomic E-state index is 0.416. The molecule has 1 unspecified atom stereocenters. The number of hydrogen-bond donors (Lipinski definition) is 1. The second-order valence-electron chi connectivity index (χ2n) is 4.50. The van der Waals surface area contributed by atoms with Crippen molar-refractivity contribution >= 4 is 22.9 Å². The van der Waals surface area contributed by atoms with Crippen LogP contribution >= 0.6 is 22.9 Å². The standard InChI is InChI=1S/C13H14ClN3S/c1-8-15-5-4-9(17-8)7-16-11-2-3-12-10(11)6-13(14)18-12/h4-6,11,16H,2-3,7H2,1H3. The fourth-order valence-corrected chi connectivity index (χ4v) is 3.73. The lowest BCUT2D eigenvalue weighted by Crippen LogP contribution is -2.19. The lowest BCUT2D eigenvalue weighted by atomic mass is 10.2. The Morgan fingerprint density at radius 2 is 2.44 bits per heavy atom. The second kappa shape index (κ2) is 4.96. The number of nitrogens with one attached hydrogen (secondary N) is 1. The Morgan fingerprint density at radius 3 is 3.28 bits per heavy atom. The van der Waals surface area contributed by atoms with Crippen LogP contribution in [0.3, 0.4) is 0 Å². The molecule has 0 saturated heterocycles. The van der Waals surface area contributed by atoms with E-state index in [1.165, 1.54) is 10.4 Å². The van der Waals surface area contributed by atoms with Gasteiger partial charge in [-0.1, -0.05) is 11.6 Å². The summed E-state index contributed by atoms with van der Waals surface area (Å²) in [6.07, 6.45) is 4.09. The lowest BCUT2D eigenvalue weighted by molar-refractivity contribution is 0.524. The van der Waals surface area contributed by atoms with Gasteiger partial charge in [-0.2, -0.15) is 0 Å². The summed E-state index contributed by atoms with van der Waals surface area (Å²) in [7, 11) is 0. The maximum absolute atomic E-state index is 6.05. The smallest absolute Gasteiger partial charge is 0.125 e. The summed E-state index contributed by atoms with van der Waals surface area (Å²) in [5.74, 6) is 0.819. The third-order valence-electron chi connectivity index (χ3n) is 3.21. The van der Waals surface area contributed by atoms with Gasteiger partial charge in [-0.05, 0) is 37.5 Å². The molecule has 0 saturated carbocycles. The molecule has 2 aromatic heterocycles. The van der Waals surface area contributed by atoms with Gasteiger partial charge in [-0.25, -0.2) is 9.97 Å². The van der Waals surface area contributed by atoms with E-state index in [1.54, 1.807) is 17.5 Å². The molecule has 94 valence electrons. The van der Waals surface area contributed by atoms with Crippen molar-refractivity contribution in [2.45, 2.75) is 32.4 Å². The number of halogens is 1. The molecule has 1 aliphatic rings. The highest BCUT2D eigenvalue weighted by Crippen LogP contribution is 2.39. The molecule has 2 heterocycles. The van der Waals surface area contributed by atoms with E-state index in [1.807, 2.05) is 13.0 Å². The Morgan fingerprint density at radius 1 is 1.56 bits per heavy atom. The molecule has 0 radical (unpaired) electrons. The van der Waals surface area contributed by atoms with E-state index >= 15 is 0 Å². The topological polar surface area (TPSA) is 37.8 Å². The molecular formula is C13H14ClN3S. The highest BCUT2D eigenvalue weighted by atomic mass is 35.5. The number of thiophene rings is 1. The van der Waals surface area contributed by atoms with Gasteiger partial charge in [-0.15, -0.1) is 11.3 Å². The van der Waals surface area contributed by atoms with Crippen LogP contribution in [-0.2, 0) is 13.0 Å². The third kappa shape index (κ3) is 2.41. The van der Waals surface area contributed by atoms with E-state index in [2.05, 4.69) is 21.4 Å². The van der Waals surface area contributed by atoms with Crippen LogP contribution in [0.2, 0.25) is 4.34 Å². The number of rotatable bonds is 3. The van der Waals surface area contributed by atoms with Crippen molar-refractivity contribution in [2.24, 2.45) is 0 Å². The maximum atomic E-state index is 6.05. The number of aryl methyl sites for hydroxylation is 2. The normalized spacial score (nSPS) is 18.0. The Balaban J connectivity index is 1.68. The van der Waals surface area contributed by atoms with Crippen LogP contribution in [0.1, 0.15) is 34.4 Å². The molecule has 1 atom stereocenters. The predicted octanol–water partition coefficient (Wildman–Crippen LogP) is 3.28. The average Bonchev–Trinajstić information content (AvgIpc) is 2.86. The van der Waals surface area contributed by atoms with Gasteiger partial charge in [0.2, 0.25) is 0 Å². The molecule has 0 amide bonds. The summed E-state index contributed by atoms with van der Waals surface area (Å²) in [6, 6.07) is 4.47. The largest absolute Gasteiger partial charge is 0.304 e. The van der Waals surface area contributed by atoms with Crippen molar-refractivity contribution in [1.29, 1.82) is 0 Å². The van der Waals surface area contributed by atoms with E-state index in [0.29, 0.717) is 6.04 Å². The van der Waals surface area contributed by atoms with Crippen LogP contribution in [0.25, 0.3) is 0 Å². The molecule has 0 fully saturated rings. The summed E-state index contributed by atoms with van der Waals surface area (Å²) >= 11 is 7.76. The number of hydrogen-bond acceptors (Lipinski definition) is 4. The Labute approximate surface area is 115 Å². The first-order valence-electron chi connectivity index (χ1n) is 6.02. The lowest BCUT2D eigenvalue weighted by Gasteiger charge is -2.12. The van der Waals surface area contributed by atoms with Crippen LogP contribution in [0.4, 0.5) is 0 Å². The van der Waals surface area contributed by atoms with Crippen molar-refractivity contribution in [3.63, 3.8) is 0 Å². The summed E-state index contributed by atoms with van der Waals surface area (Å²) in [4.78, 5) is 9.93. The fourth-order valence-electron chi connectivity index (χ4n) is 2.37. The van der Waals surface area contributed by atoms with Gasteiger partial charge < -0.3 is 5.32 Å². The first-order valence-corrected chi connectivity index (χ1v) is 7.22. The number of aromatic nitrogens is 2. The third-order valence-corrected chi connectivity index (χ3v) is 4.55. The summed E-state index contributed by atoms with van der Waals surface area (Å²) in [5, 5.41) is 3.55. The zero-order valence-corrected chi connectivity index (χ0v) is 11.7. The Hall–Kier alpha value is -0.970. The van der Waals surface area contributed by atoms with Crippen molar-refractivity contribution in [1.82, 2.24) is 15.3 Å². The quantitative estimate of drug-likeness (QED) is 0.937. The minimum Gasteiger partial charge on any atom is -0.304 e. The molecule has 0 spiro atoms. The van der Waals surface area contributed by atoms with Crippen LogP contribution < -0.4 is 5.32 Å². The van der Waals surface area contributed by atoms with E-state index in [4.69, 9.17) is 11.6 Å². The average molecular weight is 280 g/mol. The van der Waals surface area contributed by atoms with Gasteiger partial charge in [0, 0.05) is 23.7 Å². The molecule has 1 N–H and O–H groups in total. The van der Waals surface area contributed by atoms with Crippen molar-refractivity contribution < 1.29 is 0 Å². The number of nitrogens with zero attached hydrogens (tertiary/aromatic N) is 2. The highest BCUT2D eigenvalue weighted by Gasteiger charge is 2.24. The monoisotopic (exact) mass is 279 g/mol. The highest BCUT2D eigenvalue weighted by molar-refractivity contribution is 7.16. The van der Waals surface area contributed by atoms with Gasteiger partial charge >= 0.3 is 0 Å². The maximum Gasteiger partial charge on any atom is 0.125 e. The van der Waals surface area contributed by atoms with E-state index in [9.17, 15) is 0 Å². The molecule has 3 rings (SSSR count). The predicted molar refractivity (Wildman–Crippen MR) is 74.0 cm³/mol. The van der Waals surface area contributed by atoms with Crippen molar-refractivity contribution in [2.75, 3.05) is 0 Å². The summed E-state index contributed by atoms with van der Waals surface area (Å²) < 4.78 is 0.893. The van der Waals surface area contributed by atoms with Gasteiger partial charge in [0.15, 0.2) is 0 Å². The molecule has 3 nitrogen and oxygen atoms in total. The summed E-state index contributed by atoms with van der Waals surface area (Å²) in [5.41, 5.74) is 2.41. The van der Waals surface area contributed by atoms with Gasteiger partial charge in [0.1, 0.15) is 5.82 Å². The van der Waals surface area contributed by atoms with Crippen molar-refractivity contribution in [3.05, 3.63) is 44.6 Å². The van der Waals surface area contributed by atoms with E-state index < -0.39 is 0 Å². The van der Waals surface area contributed by atoms with Crippen LogP contribution in [0.5, 0.6) is 0 Å². The zero-order valence-electron chi connectivity index (χ0n) is 10.1. The molecule has 2 aromatic rings. The molecule has 1 aliphatic carbocycles. The molecular weight excluding hydrogens is 266 g/mol. The molecule has 5 heteroatoms. The molecule has 18 heavy (non-hydrogen) atoms. The fraction of sp³-hybridized carbons (Fsp3) is 0.385. The van der Waals surface area contributed by atoms with E-state index in [0.717, 1.165) is 35.2 Å². The second-order valence-corrected chi connectivity index (χ2v) is 6.26. The first-order chi connectivity index (χ1) is 8.72. The SMILES string of the molecule is Cc1nccc(CNC2CCc3sc(Cl)cc32)n1. The van der Waals surface area contributed by atoms with Crippen LogP contribution in [0.15, 0.2) is 18.3 Å². The number of fused-ring (bicyclic) bond motifs is 1. The van der Waals surface area contributed by atoms with Gasteiger partial charge in [0.25, 0.3) is 0 Å².